The molecule has 6 nitrogen and oxygen atoms in total. The Bertz CT molecular complexity index is 697. The fraction of sp³-hybridized carbons (Fsp3) is 0.688. The van der Waals surface area contributed by atoms with Gasteiger partial charge in [0.1, 0.15) is 6.10 Å². The first-order valence-corrected chi connectivity index (χ1v) is 9.24. The minimum absolute atomic E-state index is 0.00251. The lowest BCUT2D eigenvalue weighted by atomic mass is 10.0. The van der Waals surface area contributed by atoms with Crippen molar-refractivity contribution in [1.29, 1.82) is 0 Å². The van der Waals surface area contributed by atoms with E-state index < -0.39 is 0 Å². The van der Waals surface area contributed by atoms with Crippen molar-refractivity contribution in [3.8, 4) is 0 Å². The first-order chi connectivity index (χ1) is 11.3. The van der Waals surface area contributed by atoms with Crippen molar-refractivity contribution >= 4 is 11.3 Å². The summed E-state index contributed by atoms with van der Waals surface area (Å²) in [6.07, 6.45) is 3.66. The fourth-order valence-corrected chi connectivity index (χ4v) is 4.51. The van der Waals surface area contributed by atoms with E-state index in [4.69, 9.17) is 9.15 Å². The molecule has 0 unspecified atom stereocenters. The van der Waals surface area contributed by atoms with Crippen molar-refractivity contribution in [2.75, 3.05) is 13.1 Å². The second kappa shape index (κ2) is 5.36. The average Bonchev–Trinajstić information content (AvgIpc) is 2.90. The molecule has 3 aliphatic rings. The number of hydrogen-bond acceptors (Lipinski definition) is 7. The average molecular weight is 332 g/mol. The standard InChI is InChI=1S/C16H20N4O2S/c1-9-14(23-8-17-9)7-20-5-11-4-12(21-13(11)6-20)16-19-18-15(22-16)10-2-3-10/h8,10-13H,2-7H2,1H3/t11-,12-,13+/m0/s1. The van der Waals surface area contributed by atoms with Crippen molar-refractivity contribution in [3.63, 3.8) is 0 Å². The summed E-state index contributed by atoms with van der Waals surface area (Å²) in [4.78, 5) is 8.19. The van der Waals surface area contributed by atoms with Crippen LogP contribution >= 0.6 is 11.3 Å². The molecule has 1 aliphatic carbocycles. The van der Waals surface area contributed by atoms with Gasteiger partial charge in [-0.1, -0.05) is 0 Å². The predicted molar refractivity (Wildman–Crippen MR) is 84.1 cm³/mol. The topological polar surface area (TPSA) is 64.3 Å². The molecule has 0 N–H and O–H groups in total. The summed E-state index contributed by atoms with van der Waals surface area (Å²) in [7, 11) is 0. The molecule has 2 aromatic rings. The van der Waals surface area contributed by atoms with Crippen LogP contribution in [0.4, 0.5) is 0 Å². The molecule has 7 heteroatoms. The maximum Gasteiger partial charge on any atom is 0.245 e. The summed E-state index contributed by atoms with van der Waals surface area (Å²) in [5.74, 6) is 2.58. The van der Waals surface area contributed by atoms with Gasteiger partial charge in [0.15, 0.2) is 0 Å². The second-order valence-corrected chi connectivity index (χ2v) is 7.91. The number of ether oxygens (including phenoxy) is 1. The van der Waals surface area contributed by atoms with Crippen LogP contribution < -0.4 is 0 Å². The van der Waals surface area contributed by atoms with Gasteiger partial charge in [0.25, 0.3) is 0 Å². The highest BCUT2D eigenvalue weighted by atomic mass is 32.1. The molecule has 5 rings (SSSR count). The first-order valence-electron chi connectivity index (χ1n) is 8.36. The van der Waals surface area contributed by atoms with Gasteiger partial charge in [0.2, 0.25) is 11.8 Å². The van der Waals surface area contributed by atoms with Crippen LogP contribution in [-0.2, 0) is 11.3 Å². The molecule has 0 bridgehead atoms. The van der Waals surface area contributed by atoms with E-state index in [1.807, 2.05) is 5.51 Å². The van der Waals surface area contributed by atoms with Crippen molar-refractivity contribution in [1.82, 2.24) is 20.1 Å². The fourth-order valence-electron chi connectivity index (χ4n) is 3.69. The smallest absolute Gasteiger partial charge is 0.245 e. The van der Waals surface area contributed by atoms with Gasteiger partial charge in [-0.3, -0.25) is 4.90 Å². The summed E-state index contributed by atoms with van der Waals surface area (Å²) in [5.41, 5.74) is 3.09. The largest absolute Gasteiger partial charge is 0.422 e. The number of thiazole rings is 1. The van der Waals surface area contributed by atoms with Crippen LogP contribution in [0.25, 0.3) is 0 Å². The van der Waals surface area contributed by atoms with Crippen LogP contribution in [0.15, 0.2) is 9.93 Å². The van der Waals surface area contributed by atoms with E-state index in [0.717, 1.165) is 37.6 Å². The Kier molecular flexibility index (Phi) is 3.28. The van der Waals surface area contributed by atoms with Crippen molar-refractivity contribution in [3.05, 3.63) is 27.9 Å². The zero-order chi connectivity index (χ0) is 15.4. The highest BCUT2D eigenvalue weighted by Crippen LogP contribution is 2.43. The number of hydrogen-bond donors (Lipinski definition) is 0. The monoisotopic (exact) mass is 332 g/mol. The molecule has 4 heterocycles. The molecule has 0 spiro atoms. The van der Waals surface area contributed by atoms with Crippen LogP contribution in [0, 0.1) is 12.8 Å². The Labute approximate surface area is 138 Å². The Balaban J connectivity index is 1.21. The molecule has 2 aliphatic heterocycles. The van der Waals surface area contributed by atoms with Gasteiger partial charge in [0, 0.05) is 36.3 Å². The number of rotatable bonds is 4. The van der Waals surface area contributed by atoms with Gasteiger partial charge in [-0.05, 0) is 26.2 Å². The van der Waals surface area contributed by atoms with Crippen molar-refractivity contribution in [2.24, 2.45) is 5.92 Å². The molecular weight excluding hydrogens is 312 g/mol. The van der Waals surface area contributed by atoms with Gasteiger partial charge in [-0.2, -0.15) is 0 Å². The Hall–Kier alpha value is -1.31. The first kappa shape index (κ1) is 14.1. The van der Waals surface area contributed by atoms with E-state index in [0.29, 0.717) is 23.8 Å². The molecular formula is C16H20N4O2S. The lowest BCUT2D eigenvalue weighted by Gasteiger charge is -2.17. The van der Waals surface area contributed by atoms with E-state index in [-0.39, 0.29) is 6.10 Å². The highest BCUT2D eigenvalue weighted by molar-refractivity contribution is 7.09. The molecule has 0 aromatic carbocycles. The SMILES string of the molecule is Cc1ncsc1CN1C[C@@H]2C[C@@H](c3nnc(C4CC4)o3)O[C@@H]2C1. The molecule has 3 fully saturated rings. The van der Waals surface area contributed by atoms with Crippen LogP contribution in [0.2, 0.25) is 0 Å². The zero-order valence-corrected chi connectivity index (χ0v) is 14.0. The molecule has 23 heavy (non-hydrogen) atoms. The maximum absolute atomic E-state index is 6.21. The number of fused-ring (bicyclic) bond motifs is 1. The third-order valence-corrected chi connectivity index (χ3v) is 6.10. The lowest BCUT2D eigenvalue weighted by molar-refractivity contribution is 0.0223. The predicted octanol–water partition coefficient (Wildman–Crippen LogP) is 2.67. The molecule has 1 saturated carbocycles. The minimum Gasteiger partial charge on any atom is -0.422 e. The maximum atomic E-state index is 6.21. The summed E-state index contributed by atoms with van der Waals surface area (Å²) < 4.78 is 12.0. The minimum atomic E-state index is -0.00251. The van der Waals surface area contributed by atoms with E-state index in [2.05, 4.69) is 27.0 Å². The summed E-state index contributed by atoms with van der Waals surface area (Å²) in [6.45, 7) is 5.15. The summed E-state index contributed by atoms with van der Waals surface area (Å²) in [5, 5.41) is 8.39. The molecule has 0 amide bonds. The third kappa shape index (κ3) is 2.60. The Morgan fingerprint density at radius 2 is 2.13 bits per heavy atom. The lowest BCUT2D eigenvalue weighted by Crippen LogP contribution is -2.23. The van der Waals surface area contributed by atoms with Gasteiger partial charge >= 0.3 is 0 Å². The number of likely N-dealkylation sites (tertiary alicyclic amines) is 1. The quantitative estimate of drug-likeness (QED) is 0.858. The van der Waals surface area contributed by atoms with Crippen LogP contribution in [0.5, 0.6) is 0 Å². The van der Waals surface area contributed by atoms with E-state index in [1.165, 1.54) is 17.7 Å². The Morgan fingerprint density at radius 3 is 2.87 bits per heavy atom. The van der Waals surface area contributed by atoms with Gasteiger partial charge in [-0.25, -0.2) is 4.98 Å². The number of aryl methyl sites for hydroxylation is 1. The van der Waals surface area contributed by atoms with E-state index in [9.17, 15) is 0 Å². The number of nitrogens with zero attached hydrogens (tertiary/aromatic N) is 4. The molecule has 3 atom stereocenters. The van der Waals surface area contributed by atoms with E-state index >= 15 is 0 Å². The van der Waals surface area contributed by atoms with Gasteiger partial charge < -0.3 is 9.15 Å². The van der Waals surface area contributed by atoms with Gasteiger partial charge in [0.05, 0.1) is 17.3 Å². The third-order valence-electron chi connectivity index (χ3n) is 5.18. The Morgan fingerprint density at radius 1 is 1.26 bits per heavy atom. The normalized spacial score (nSPS) is 30.9. The summed E-state index contributed by atoms with van der Waals surface area (Å²) in [6, 6.07) is 0. The molecule has 2 saturated heterocycles. The molecule has 122 valence electrons. The van der Waals surface area contributed by atoms with E-state index in [1.54, 1.807) is 11.3 Å². The van der Waals surface area contributed by atoms with Gasteiger partial charge in [-0.15, -0.1) is 21.5 Å². The molecule has 2 aromatic heterocycles. The number of aromatic nitrogens is 3. The molecule has 0 radical (unpaired) electrons. The van der Waals surface area contributed by atoms with Crippen molar-refractivity contribution in [2.45, 2.75) is 50.9 Å². The highest BCUT2D eigenvalue weighted by Gasteiger charge is 2.44. The van der Waals surface area contributed by atoms with Crippen LogP contribution in [0.3, 0.4) is 0 Å². The second-order valence-electron chi connectivity index (χ2n) is 6.97. The summed E-state index contributed by atoms with van der Waals surface area (Å²) >= 11 is 1.75. The van der Waals surface area contributed by atoms with Crippen molar-refractivity contribution < 1.29 is 9.15 Å². The van der Waals surface area contributed by atoms with Crippen LogP contribution in [-0.4, -0.2) is 39.3 Å². The van der Waals surface area contributed by atoms with Crippen LogP contribution in [0.1, 0.15) is 53.6 Å². The zero-order valence-electron chi connectivity index (χ0n) is 13.1.